The number of hydrogen-bond donors (Lipinski definition) is 2. The highest BCUT2D eigenvalue weighted by Crippen LogP contribution is 2.41. The van der Waals surface area contributed by atoms with E-state index in [1.165, 1.54) is 30.4 Å². The van der Waals surface area contributed by atoms with E-state index in [9.17, 15) is 4.79 Å². The average Bonchev–Trinajstić information content (AvgIpc) is 2.95. The Morgan fingerprint density at radius 3 is 2.25 bits per heavy atom. The molecule has 2 fully saturated rings. The zero-order valence-corrected chi connectivity index (χ0v) is 15.1. The largest absolute Gasteiger partial charge is 0.356 e. The summed E-state index contributed by atoms with van der Waals surface area (Å²) >= 11 is 0. The summed E-state index contributed by atoms with van der Waals surface area (Å²) in [5, 5.41) is 3.25. The lowest BCUT2D eigenvalue weighted by Gasteiger charge is -2.43. The predicted molar refractivity (Wildman–Crippen MR) is 99.1 cm³/mol. The molecule has 0 aromatic heterocycles. The molecule has 3 N–H and O–H groups in total. The molecule has 3 aliphatic carbocycles. The fourth-order valence-electron chi connectivity index (χ4n) is 5.19. The maximum absolute atomic E-state index is 12.6. The molecule has 2 atom stereocenters. The van der Waals surface area contributed by atoms with Gasteiger partial charge in [0.15, 0.2) is 0 Å². The Balaban J connectivity index is 0.00000169. The van der Waals surface area contributed by atoms with Gasteiger partial charge in [-0.25, -0.2) is 0 Å². The van der Waals surface area contributed by atoms with E-state index in [-0.39, 0.29) is 24.2 Å². The van der Waals surface area contributed by atoms with Gasteiger partial charge >= 0.3 is 0 Å². The lowest BCUT2D eigenvalue weighted by atomic mass is 9.65. The highest BCUT2D eigenvalue weighted by Gasteiger charge is 2.40. The summed E-state index contributed by atoms with van der Waals surface area (Å²) in [6, 6.07) is 9.02. The zero-order chi connectivity index (χ0) is 15.8. The van der Waals surface area contributed by atoms with Gasteiger partial charge < -0.3 is 11.1 Å². The Kier molecular flexibility index (Phi) is 5.51. The lowest BCUT2D eigenvalue weighted by molar-refractivity contribution is -0.128. The summed E-state index contributed by atoms with van der Waals surface area (Å²) in [5.41, 5.74) is 9.26. The van der Waals surface area contributed by atoms with Gasteiger partial charge in [0.25, 0.3) is 0 Å². The molecule has 2 saturated carbocycles. The number of carbonyl (C=O) groups is 1. The molecule has 0 spiro atoms. The van der Waals surface area contributed by atoms with Crippen molar-refractivity contribution in [3.8, 4) is 0 Å². The van der Waals surface area contributed by atoms with Crippen LogP contribution >= 0.6 is 12.4 Å². The summed E-state index contributed by atoms with van der Waals surface area (Å²) < 4.78 is 0. The molecular weight excluding hydrogens is 320 g/mol. The molecule has 3 aliphatic rings. The van der Waals surface area contributed by atoms with E-state index in [1.807, 2.05) is 0 Å². The van der Waals surface area contributed by atoms with Gasteiger partial charge in [0, 0.05) is 18.5 Å². The van der Waals surface area contributed by atoms with Gasteiger partial charge in [-0.05, 0) is 67.4 Å². The molecule has 0 radical (unpaired) electrons. The number of nitrogens with two attached hydrogens (primary N) is 1. The van der Waals surface area contributed by atoms with Crippen LogP contribution in [0.2, 0.25) is 0 Å². The smallest absolute Gasteiger partial charge is 0.223 e. The average molecular weight is 349 g/mol. The van der Waals surface area contributed by atoms with Crippen LogP contribution in [0.15, 0.2) is 24.3 Å². The van der Waals surface area contributed by atoms with Crippen LogP contribution in [0.4, 0.5) is 0 Å². The number of nitrogens with one attached hydrogen (secondary N) is 1. The van der Waals surface area contributed by atoms with E-state index in [0.29, 0.717) is 23.8 Å². The van der Waals surface area contributed by atoms with Gasteiger partial charge in [-0.15, -0.1) is 12.4 Å². The molecule has 4 heteroatoms. The van der Waals surface area contributed by atoms with Crippen molar-refractivity contribution in [3.05, 3.63) is 35.4 Å². The molecule has 4 rings (SSSR count). The van der Waals surface area contributed by atoms with Gasteiger partial charge in [0.05, 0.1) is 0 Å². The summed E-state index contributed by atoms with van der Waals surface area (Å²) in [6.45, 7) is 0.825. The molecule has 1 aromatic carbocycles. The number of rotatable bonds is 3. The zero-order valence-electron chi connectivity index (χ0n) is 14.2. The molecule has 24 heavy (non-hydrogen) atoms. The second-order valence-electron chi connectivity index (χ2n) is 7.98. The Morgan fingerprint density at radius 1 is 1.08 bits per heavy atom. The molecule has 1 amide bonds. The first-order valence-electron chi connectivity index (χ1n) is 9.31. The lowest BCUT2D eigenvalue weighted by Crippen LogP contribution is -2.49. The molecule has 132 valence electrons. The molecule has 0 saturated heterocycles. The standard InChI is InChI=1S/C20H28N2O.ClH/c21-19-16-6-3-7-17(19)11-18(10-16)20(23)22-12-13-8-14-4-1-2-5-15(14)9-13;/h1-2,4-5,13,16-19H,3,6-12,21H2,(H,22,23);1H. The Hall–Kier alpha value is -1.06. The number of fused-ring (bicyclic) bond motifs is 3. The predicted octanol–water partition coefficient (Wildman–Crippen LogP) is 3.09. The van der Waals surface area contributed by atoms with Crippen molar-refractivity contribution in [1.29, 1.82) is 0 Å². The number of hydrogen-bond acceptors (Lipinski definition) is 2. The molecular formula is C20H29ClN2O. The van der Waals surface area contributed by atoms with Crippen molar-refractivity contribution in [3.63, 3.8) is 0 Å². The van der Waals surface area contributed by atoms with E-state index in [1.54, 1.807) is 0 Å². The van der Waals surface area contributed by atoms with Crippen LogP contribution in [0, 0.1) is 23.7 Å². The second-order valence-corrected chi connectivity index (χ2v) is 7.98. The number of halogens is 1. The third-order valence-electron chi connectivity index (χ3n) is 6.48. The monoisotopic (exact) mass is 348 g/mol. The van der Waals surface area contributed by atoms with Crippen LogP contribution < -0.4 is 11.1 Å². The van der Waals surface area contributed by atoms with Crippen LogP contribution in [0.1, 0.15) is 43.2 Å². The van der Waals surface area contributed by atoms with Crippen LogP contribution in [-0.4, -0.2) is 18.5 Å². The van der Waals surface area contributed by atoms with Crippen molar-refractivity contribution in [2.45, 2.75) is 51.0 Å². The number of benzene rings is 1. The van der Waals surface area contributed by atoms with Gasteiger partial charge in [0.2, 0.25) is 5.91 Å². The van der Waals surface area contributed by atoms with E-state index < -0.39 is 0 Å². The van der Waals surface area contributed by atoms with E-state index >= 15 is 0 Å². The SMILES string of the molecule is Cl.NC1C2CCCC1CC(C(=O)NCC1Cc3ccccc3C1)C2. The second kappa shape index (κ2) is 7.45. The summed E-state index contributed by atoms with van der Waals surface area (Å²) in [6.07, 6.45) is 7.98. The van der Waals surface area contributed by atoms with Gasteiger partial charge in [-0.3, -0.25) is 4.79 Å². The minimum atomic E-state index is 0. The van der Waals surface area contributed by atoms with Gasteiger partial charge in [-0.1, -0.05) is 30.7 Å². The van der Waals surface area contributed by atoms with Crippen molar-refractivity contribution in [1.82, 2.24) is 5.32 Å². The van der Waals surface area contributed by atoms with Crippen molar-refractivity contribution in [2.75, 3.05) is 6.54 Å². The molecule has 0 heterocycles. The van der Waals surface area contributed by atoms with E-state index in [4.69, 9.17) is 5.73 Å². The van der Waals surface area contributed by atoms with Gasteiger partial charge in [-0.2, -0.15) is 0 Å². The molecule has 3 nitrogen and oxygen atoms in total. The fraction of sp³-hybridized carbons (Fsp3) is 0.650. The van der Waals surface area contributed by atoms with Crippen molar-refractivity contribution < 1.29 is 4.79 Å². The Bertz CT molecular complexity index is 552. The molecule has 1 aromatic rings. The highest BCUT2D eigenvalue weighted by molar-refractivity contribution is 5.85. The van der Waals surface area contributed by atoms with Crippen LogP contribution in [0.5, 0.6) is 0 Å². The first-order chi connectivity index (χ1) is 11.2. The third kappa shape index (κ3) is 3.48. The quantitative estimate of drug-likeness (QED) is 0.881. The topological polar surface area (TPSA) is 55.1 Å². The summed E-state index contributed by atoms with van der Waals surface area (Å²) in [4.78, 5) is 12.6. The van der Waals surface area contributed by atoms with Crippen molar-refractivity contribution >= 4 is 18.3 Å². The van der Waals surface area contributed by atoms with E-state index in [2.05, 4.69) is 29.6 Å². The first kappa shape index (κ1) is 17.8. The maximum Gasteiger partial charge on any atom is 0.223 e. The summed E-state index contributed by atoms with van der Waals surface area (Å²) in [7, 11) is 0. The molecule has 0 aliphatic heterocycles. The van der Waals surface area contributed by atoms with Crippen LogP contribution in [0.25, 0.3) is 0 Å². The van der Waals surface area contributed by atoms with Crippen molar-refractivity contribution in [2.24, 2.45) is 29.4 Å². The number of carbonyl (C=O) groups excluding carboxylic acids is 1. The third-order valence-corrected chi connectivity index (χ3v) is 6.48. The highest BCUT2D eigenvalue weighted by atomic mass is 35.5. The molecule has 2 bridgehead atoms. The van der Waals surface area contributed by atoms with E-state index in [0.717, 1.165) is 32.2 Å². The minimum Gasteiger partial charge on any atom is -0.356 e. The van der Waals surface area contributed by atoms with Crippen LogP contribution in [0.3, 0.4) is 0 Å². The first-order valence-corrected chi connectivity index (χ1v) is 9.31. The molecule has 2 unspecified atom stereocenters. The van der Waals surface area contributed by atoms with Gasteiger partial charge in [0.1, 0.15) is 0 Å². The fourth-order valence-corrected chi connectivity index (χ4v) is 5.19. The summed E-state index contributed by atoms with van der Waals surface area (Å²) in [5.74, 6) is 2.21. The number of amides is 1. The normalized spacial score (nSPS) is 31.9. The van der Waals surface area contributed by atoms with Crippen LogP contribution in [-0.2, 0) is 17.6 Å². The maximum atomic E-state index is 12.6. The minimum absolute atomic E-state index is 0. The Labute approximate surface area is 151 Å². The Morgan fingerprint density at radius 2 is 1.67 bits per heavy atom.